The second-order valence-electron chi connectivity index (χ2n) is 5.87. The lowest BCUT2D eigenvalue weighted by Crippen LogP contribution is -2.53. The van der Waals surface area contributed by atoms with E-state index in [-0.39, 0.29) is 0 Å². The first kappa shape index (κ1) is 13.7. The Morgan fingerprint density at radius 3 is 2.75 bits per heavy atom. The summed E-state index contributed by atoms with van der Waals surface area (Å²) in [6.45, 7) is 0. The standard InChI is InChI=1S/C14H21N5S/c1-19-10-3-2-4-11(19)8-9(7-10)17-14-12(13(15)20)5-6-16-18-14/h5-6,9-11H,2-4,7-8H2,1H3,(H2,15,20)(H,17,18). The van der Waals surface area contributed by atoms with Crippen LogP contribution in [0.3, 0.4) is 0 Å². The summed E-state index contributed by atoms with van der Waals surface area (Å²) in [6.07, 6.45) is 7.89. The summed E-state index contributed by atoms with van der Waals surface area (Å²) in [6, 6.07) is 3.63. The van der Waals surface area contributed by atoms with Crippen LogP contribution in [0.15, 0.2) is 12.3 Å². The zero-order valence-corrected chi connectivity index (χ0v) is 12.6. The number of aromatic nitrogens is 2. The maximum atomic E-state index is 5.75. The van der Waals surface area contributed by atoms with Gasteiger partial charge in [0.2, 0.25) is 0 Å². The number of rotatable bonds is 3. The van der Waals surface area contributed by atoms with E-state index in [1.54, 1.807) is 6.20 Å². The first-order chi connectivity index (χ1) is 9.65. The Bertz CT molecular complexity index is 492. The fraction of sp³-hybridized carbons (Fsp3) is 0.643. The minimum absolute atomic E-state index is 0.371. The van der Waals surface area contributed by atoms with Crippen molar-refractivity contribution in [3.8, 4) is 0 Å². The summed E-state index contributed by atoms with van der Waals surface area (Å²) < 4.78 is 0. The van der Waals surface area contributed by atoms with Gasteiger partial charge >= 0.3 is 0 Å². The van der Waals surface area contributed by atoms with Crippen molar-refractivity contribution in [2.45, 2.75) is 50.2 Å². The Balaban J connectivity index is 1.74. The number of thiocarbonyl (C=S) groups is 1. The van der Waals surface area contributed by atoms with Gasteiger partial charge in [0, 0.05) is 18.1 Å². The third-order valence-electron chi connectivity index (χ3n) is 4.67. The SMILES string of the molecule is CN1C2CCCC1CC(Nc1nnccc1C(N)=S)C2. The average molecular weight is 291 g/mol. The maximum Gasteiger partial charge on any atom is 0.159 e. The molecule has 2 aliphatic rings. The molecule has 0 aromatic carbocycles. The fourth-order valence-corrected chi connectivity index (χ4v) is 3.73. The molecule has 3 rings (SSSR count). The van der Waals surface area contributed by atoms with E-state index < -0.39 is 0 Å². The molecule has 2 unspecified atom stereocenters. The Morgan fingerprint density at radius 2 is 2.10 bits per heavy atom. The van der Waals surface area contributed by atoms with Crippen LogP contribution in [0, 0.1) is 0 Å². The molecule has 2 fully saturated rings. The molecule has 3 N–H and O–H groups in total. The molecule has 108 valence electrons. The van der Waals surface area contributed by atoms with E-state index in [1.807, 2.05) is 6.07 Å². The predicted octanol–water partition coefficient (Wildman–Crippen LogP) is 1.54. The summed E-state index contributed by atoms with van der Waals surface area (Å²) in [7, 11) is 2.26. The van der Waals surface area contributed by atoms with E-state index >= 15 is 0 Å². The van der Waals surface area contributed by atoms with Crippen molar-refractivity contribution in [2.75, 3.05) is 12.4 Å². The molecule has 0 aliphatic carbocycles. The summed E-state index contributed by atoms with van der Waals surface area (Å²) in [5.74, 6) is 0.729. The third-order valence-corrected chi connectivity index (χ3v) is 4.89. The van der Waals surface area contributed by atoms with Gasteiger partial charge in [-0.3, -0.25) is 0 Å². The third kappa shape index (κ3) is 2.62. The Hall–Kier alpha value is -1.27. The number of anilines is 1. The first-order valence-electron chi connectivity index (χ1n) is 7.25. The first-order valence-corrected chi connectivity index (χ1v) is 7.66. The lowest BCUT2D eigenvalue weighted by atomic mass is 9.82. The van der Waals surface area contributed by atoms with Crippen LogP contribution in [0.25, 0.3) is 0 Å². The van der Waals surface area contributed by atoms with Gasteiger partial charge in [0.1, 0.15) is 4.99 Å². The van der Waals surface area contributed by atoms with Gasteiger partial charge in [-0.15, -0.1) is 5.10 Å². The number of nitrogens with two attached hydrogens (primary N) is 1. The molecule has 2 bridgehead atoms. The van der Waals surface area contributed by atoms with Crippen LogP contribution in [0.5, 0.6) is 0 Å². The van der Waals surface area contributed by atoms with E-state index in [0.29, 0.717) is 23.1 Å². The number of hydrogen-bond donors (Lipinski definition) is 2. The van der Waals surface area contributed by atoms with Gasteiger partial charge in [-0.25, -0.2) is 0 Å². The molecule has 0 saturated carbocycles. The predicted molar refractivity (Wildman–Crippen MR) is 83.8 cm³/mol. The second-order valence-corrected chi connectivity index (χ2v) is 6.31. The summed E-state index contributed by atoms with van der Waals surface area (Å²) >= 11 is 5.08. The van der Waals surface area contributed by atoms with Gasteiger partial charge in [-0.1, -0.05) is 18.6 Å². The number of nitrogens with one attached hydrogen (secondary N) is 1. The highest BCUT2D eigenvalue weighted by molar-refractivity contribution is 7.80. The molecule has 2 atom stereocenters. The van der Waals surface area contributed by atoms with Crippen molar-refractivity contribution in [1.29, 1.82) is 0 Å². The molecule has 2 saturated heterocycles. The zero-order chi connectivity index (χ0) is 14.1. The van der Waals surface area contributed by atoms with E-state index in [0.717, 1.165) is 24.2 Å². The minimum atomic E-state index is 0.371. The van der Waals surface area contributed by atoms with E-state index in [2.05, 4.69) is 27.5 Å². The average Bonchev–Trinajstić information content (AvgIpc) is 2.40. The maximum absolute atomic E-state index is 5.75. The van der Waals surface area contributed by atoms with Crippen molar-refractivity contribution in [3.05, 3.63) is 17.8 Å². The van der Waals surface area contributed by atoms with Crippen LogP contribution in [0.1, 0.15) is 37.7 Å². The molecule has 1 aromatic heterocycles. The molecule has 0 spiro atoms. The van der Waals surface area contributed by atoms with E-state index in [4.69, 9.17) is 18.0 Å². The molecule has 0 amide bonds. The highest BCUT2D eigenvalue weighted by Crippen LogP contribution is 2.33. The highest BCUT2D eigenvalue weighted by atomic mass is 32.1. The molecule has 3 heterocycles. The van der Waals surface area contributed by atoms with Crippen molar-refractivity contribution in [1.82, 2.24) is 15.1 Å². The highest BCUT2D eigenvalue weighted by Gasteiger charge is 2.36. The molecule has 2 aliphatic heterocycles. The molecule has 20 heavy (non-hydrogen) atoms. The lowest BCUT2D eigenvalue weighted by Gasteiger charge is -2.47. The summed E-state index contributed by atoms with van der Waals surface area (Å²) in [4.78, 5) is 2.92. The van der Waals surface area contributed by atoms with Crippen LogP contribution >= 0.6 is 12.2 Å². The van der Waals surface area contributed by atoms with E-state index in [9.17, 15) is 0 Å². The molecule has 0 radical (unpaired) electrons. The minimum Gasteiger partial charge on any atom is -0.389 e. The summed E-state index contributed by atoms with van der Waals surface area (Å²) in [5.41, 5.74) is 6.54. The Morgan fingerprint density at radius 1 is 1.40 bits per heavy atom. The van der Waals surface area contributed by atoms with Crippen molar-refractivity contribution in [3.63, 3.8) is 0 Å². The topological polar surface area (TPSA) is 67.1 Å². The van der Waals surface area contributed by atoms with Crippen LogP contribution in [-0.4, -0.2) is 45.3 Å². The Kier molecular flexibility index (Phi) is 3.85. The van der Waals surface area contributed by atoms with Crippen LogP contribution in [0.2, 0.25) is 0 Å². The second kappa shape index (κ2) is 5.61. The Labute approximate surface area is 124 Å². The van der Waals surface area contributed by atoms with Gasteiger partial charge in [0.15, 0.2) is 5.82 Å². The number of piperidine rings is 2. The van der Waals surface area contributed by atoms with Crippen LogP contribution < -0.4 is 11.1 Å². The van der Waals surface area contributed by atoms with Crippen molar-refractivity contribution >= 4 is 23.0 Å². The molecular weight excluding hydrogens is 270 g/mol. The van der Waals surface area contributed by atoms with Gasteiger partial charge in [0.05, 0.1) is 11.8 Å². The zero-order valence-electron chi connectivity index (χ0n) is 11.7. The summed E-state index contributed by atoms with van der Waals surface area (Å²) in [5, 5.41) is 11.6. The molecule has 6 heteroatoms. The monoisotopic (exact) mass is 291 g/mol. The number of fused-ring (bicyclic) bond motifs is 2. The molecule has 5 nitrogen and oxygen atoms in total. The van der Waals surface area contributed by atoms with Crippen LogP contribution in [0.4, 0.5) is 5.82 Å². The fourth-order valence-electron chi connectivity index (χ4n) is 3.56. The van der Waals surface area contributed by atoms with Crippen LogP contribution in [-0.2, 0) is 0 Å². The molecular formula is C14H21N5S. The van der Waals surface area contributed by atoms with Gasteiger partial charge in [-0.2, -0.15) is 5.10 Å². The lowest BCUT2D eigenvalue weighted by molar-refractivity contribution is 0.0607. The largest absolute Gasteiger partial charge is 0.389 e. The van der Waals surface area contributed by atoms with Crippen molar-refractivity contribution < 1.29 is 0 Å². The van der Waals surface area contributed by atoms with E-state index in [1.165, 1.54) is 19.3 Å². The number of nitrogens with zero attached hydrogens (tertiary/aromatic N) is 3. The molecule has 1 aromatic rings. The number of hydrogen-bond acceptors (Lipinski definition) is 5. The van der Waals surface area contributed by atoms with Gasteiger partial charge < -0.3 is 16.0 Å². The smallest absolute Gasteiger partial charge is 0.159 e. The quantitative estimate of drug-likeness (QED) is 0.824. The van der Waals surface area contributed by atoms with Crippen molar-refractivity contribution in [2.24, 2.45) is 5.73 Å². The van der Waals surface area contributed by atoms with Gasteiger partial charge in [-0.05, 0) is 38.8 Å². The van der Waals surface area contributed by atoms with Gasteiger partial charge in [0.25, 0.3) is 0 Å². The normalized spacial score (nSPS) is 29.9.